The van der Waals surface area contributed by atoms with Crippen LogP contribution in [0.5, 0.6) is 0 Å². The molecular formula is C16H30N2O3. The molecule has 3 N–H and O–H groups in total. The Morgan fingerprint density at radius 1 is 1.19 bits per heavy atom. The van der Waals surface area contributed by atoms with Crippen LogP contribution >= 0.6 is 0 Å². The monoisotopic (exact) mass is 298 g/mol. The molecule has 0 saturated heterocycles. The summed E-state index contributed by atoms with van der Waals surface area (Å²) < 4.78 is 0. The van der Waals surface area contributed by atoms with Crippen molar-refractivity contribution in [3.05, 3.63) is 0 Å². The van der Waals surface area contributed by atoms with Crippen LogP contribution < -0.4 is 10.6 Å². The first-order valence-electron chi connectivity index (χ1n) is 7.94. The first kappa shape index (κ1) is 17.8. The van der Waals surface area contributed by atoms with E-state index in [1.807, 2.05) is 20.8 Å². The van der Waals surface area contributed by atoms with Crippen molar-refractivity contribution in [2.45, 2.75) is 65.8 Å². The van der Waals surface area contributed by atoms with Crippen molar-refractivity contribution in [1.82, 2.24) is 10.6 Å². The summed E-state index contributed by atoms with van der Waals surface area (Å²) in [6.45, 7) is 8.44. The zero-order valence-electron chi connectivity index (χ0n) is 13.7. The molecule has 0 heterocycles. The Bertz CT molecular complexity index is 355. The van der Waals surface area contributed by atoms with Gasteiger partial charge in [-0.2, -0.15) is 0 Å². The van der Waals surface area contributed by atoms with Crippen molar-refractivity contribution in [2.75, 3.05) is 6.54 Å². The van der Waals surface area contributed by atoms with Crippen LogP contribution in [0.1, 0.15) is 59.8 Å². The van der Waals surface area contributed by atoms with E-state index in [-0.39, 0.29) is 24.0 Å². The lowest BCUT2D eigenvalue weighted by atomic mass is 9.84. The van der Waals surface area contributed by atoms with E-state index in [2.05, 4.69) is 17.6 Å². The first-order chi connectivity index (χ1) is 9.67. The maximum atomic E-state index is 11.9. The van der Waals surface area contributed by atoms with Gasteiger partial charge in [-0.15, -0.1) is 0 Å². The number of carboxylic acids is 1. The van der Waals surface area contributed by atoms with Crippen molar-refractivity contribution in [3.63, 3.8) is 0 Å². The van der Waals surface area contributed by atoms with Gasteiger partial charge >= 0.3 is 12.0 Å². The van der Waals surface area contributed by atoms with Crippen molar-refractivity contribution >= 4 is 12.0 Å². The zero-order chi connectivity index (χ0) is 16.0. The third kappa shape index (κ3) is 7.34. The van der Waals surface area contributed by atoms with E-state index in [0.29, 0.717) is 6.42 Å². The number of amides is 2. The normalized spacial score (nSPS) is 24.2. The summed E-state index contributed by atoms with van der Waals surface area (Å²) in [6, 6.07) is -0.0122. The molecule has 5 nitrogen and oxygen atoms in total. The van der Waals surface area contributed by atoms with Crippen molar-refractivity contribution in [3.8, 4) is 0 Å². The fourth-order valence-corrected chi connectivity index (χ4v) is 2.84. The molecular weight excluding hydrogens is 268 g/mol. The van der Waals surface area contributed by atoms with Crippen LogP contribution in [0.3, 0.4) is 0 Å². The second-order valence-electron chi connectivity index (χ2n) is 7.61. The fraction of sp³-hybridized carbons (Fsp3) is 0.875. The molecule has 0 aromatic carbocycles. The van der Waals surface area contributed by atoms with E-state index in [1.165, 1.54) is 0 Å². The maximum absolute atomic E-state index is 11.9. The molecule has 1 atom stereocenters. The lowest BCUT2D eigenvalue weighted by Crippen LogP contribution is -2.45. The summed E-state index contributed by atoms with van der Waals surface area (Å²) in [5.41, 5.74) is -0.0687. The number of carboxylic acid groups (broad SMARTS) is 1. The molecule has 1 aliphatic carbocycles. The Hall–Kier alpha value is -1.26. The molecule has 1 rings (SSSR count). The number of carbonyl (C=O) groups is 2. The average Bonchev–Trinajstić information content (AvgIpc) is 2.35. The summed E-state index contributed by atoms with van der Waals surface area (Å²) in [6.07, 6.45) is 4.86. The third-order valence-electron chi connectivity index (χ3n) is 4.07. The Kier molecular flexibility index (Phi) is 6.49. The number of hydrogen-bond donors (Lipinski definition) is 3. The smallest absolute Gasteiger partial charge is 0.315 e. The number of carbonyl (C=O) groups excluding carboxylic acids is 1. The molecule has 2 amide bonds. The predicted octanol–water partition coefficient (Wildman–Crippen LogP) is 3.00. The SMILES string of the molecule is CC1CCC(NC(=O)NCC(CC(C)(C)C)C(=O)O)CC1. The highest BCUT2D eigenvalue weighted by molar-refractivity contribution is 5.76. The van der Waals surface area contributed by atoms with Gasteiger partial charge in [-0.1, -0.05) is 27.7 Å². The minimum atomic E-state index is -0.850. The van der Waals surface area contributed by atoms with E-state index in [1.54, 1.807) is 0 Å². The number of aliphatic carboxylic acids is 1. The van der Waals surface area contributed by atoms with Gasteiger partial charge in [0.15, 0.2) is 0 Å². The quantitative estimate of drug-likeness (QED) is 0.730. The highest BCUT2D eigenvalue weighted by Crippen LogP contribution is 2.25. The van der Waals surface area contributed by atoms with Crippen molar-refractivity contribution in [1.29, 1.82) is 0 Å². The van der Waals surface area contributed by atoms with Gasteiger partial charge < -0.3 is 15.7 Å². The summed E-state index contributed by atoms with van der Waals surface area (Å²) in [7, 11) is 0. The zero-order valence-corrected chi connectivity index (χ0v) is 13.7. The summed E-state index contributed by atoms with van der Waals surface area (Å²) in [4.78, 5) is 23.1. The molecule has 0 aromatic heterocycles. The van der Waals surface area contributed by atoms with E-state index in [0.717, 1.165) is 31.6 Å². The van der Waals surface area contributed by atoms with Crippen LogP contribution in [0.25, 0.3) is 0 Å². The summed E-state index contributed by atoms with van der Waals surface area (Å²) in [5.74, 6) is -0.645. The molecule has 21 heavy (non-hydrogen) atoms. The summed E-state index contributed by atoms with van der Waals surface area (Å²) >= 11 is 0. The van der Waals surface area contributed by atoms with Crippen LogP contribution in [-0.2, 0) is 4.79 Å². The van der Waals surface area contributed by atoms with Gasteiger partial charge in [0.2, 0.25) is 0 Å². The Balaban J connectivity index is 2.34. The van der Waals surface area contributed by atoms with E-state index >= 15 is 0 Å². The number of urea groups is 1. The standard InChI is InChI=1S/C16H30N2O3/c1-11-5-7-13(8-6-11)18-15(21)17-10-12(14(19)20)9-16(2,3)4/h11-13H,5-10H2,1-4H3,(H,19,20)(H2,17,18,21). The van der Waals surface area contributed by atoms with Gasteiger partial charge in [0.1, 0.15) is 0 Å². The Morgan fingerprint density at radius 2 is 1.76 bits per heavy atom. The fourth-order valence-electron chi connectivity index (χ4n) is 2.84. The van der Waals surface area contributed by atoms with Crippen LogP contribution in [0.15, 0.2) is 0 Å². The van der Waals surface area contributed by atoms with E-state index < -0.39 is 11.9 Å². The molecule has 1 saturated carbocycles. The number of hydrogen-bond acceptors (Lipinski definition) is 2. The second kappa shape index (κ2) is 7.66. The van der Waals surface area contributed by atoms with Crippen LogP contribution in [0, 0.1) is 17.3 Å². The molecule has 0 bridgehead atoms. The highest BCUT2D eigenvalue weighted by atomic mass is 16.4. The van der Waals surface area contributed by atoms with E-state index in [9.17, 15) is 14.7 Å². The van der Waals surface area contributed by atoms with Gasteiger partial charge in [-0.05, 0) is 43.4 Å². The molecule has 1 aliphatic rings. The molecule has 0 aromatic rings. The van der Waals surface area contributed by atoms with E-state index in [4.69, 9.17) is 0 Å². The van der Waals surface area contributed by atoms with Crippen molar-refractivity contribution < 1.29 is 14.7 Å². The Morgan fingerprint density at radius 3 is 2.24 bits per heavy atom. The van der Waals surface area contributed by atoms with Crippen LogP contribution in [0.4, 0.5) is 4.79 Å². The molecule has 1 unspecified atom stereocenters. The minimum Gasteiger partial charge on any atom is -0.481 e. The topological polar surface area (TPSA) is 78.4 Å². The molecule has 0 aliphatic heterocycles. The molecule has 0 radical (unpaired) electrons. The lowest BCUT2D eigenvalue weighted by Gasteiger charge is -2.27. The van der Waals surface area contributed by atoms with Gasteiger partial charge in [-0.25, -0.2) is 4.79 Å². The molecule has 1 fully saturated rings. The van der Waals surface area contributed by atoms with Crippen molar-refractivity contribution in [2.24, 2.45) is 17.3 Å². The average molecular weight is 298 g/mol. The first-order valence-corrected chi connectivity index (χ1v) is 7.94. The molecule has 122 valence electrons. The lowest BCUT2D eigenvalue weighted by molar-refractivity contribution is -0.142. The number of rotatable bonds is 5. The van der Waals surface area contributed by atoms with Crippen LogP contribution in [0.2, 0.25) is 0 Å². The van der Waals surface area contributed by atoms with Gasteiger partial charge in [0.05, 0.1) is 5.92 Å². The predicted molar refractivity (Wildman–Crippen MR) is 83.2 cm³/mol. The molecule has 5 heteroatoms. The third-order valence-corrected chi connectivity index (χ3v) is 4.07. The second-order valence-corrected chi connectivity index (χ2v) is 7.61. The maximum Gasteiger partial charge on any atom is 0.315 e. The van der Waals surface area contributed by atoms with Gasteiger partial charge in [-0.3, -0.25) is 4.79 Å². The van der Waals surface area contributed by atoms with Crippen LogP contribution in [-0.4, -0.2) is 29.7 Å². The summed E-state index contributed by atoms with van der Waals surface area (Å²) in [5, 5.41) is 14.9. The largest absolute Gasteiger partial charge is 0.481 e. The number of nitrogens with one attached hydrogen (secondary N) is 2. The van der Waals surface area contributed by atoms with Gasteiger partial charge in [0, 0.05) is 12.6 Å². The minimum absolute atomic E-state index is 0.0687. The van der Waals surface area contributed by atoms with Gasteiger partial charge in [0.25, 0.3) is 0 Å². The Labute approximate surface area is 127 Å². The molecule has 0 spiro atoms. The highest BCUT2D eigenvalue weighted by Gasteiger charge is 2.25.